The molecule has 17 nitrogen and oxygen atoms in total. The number of morpholine rings is 1. The molecule has 0 spiro atoms. The van der Waals surface area contributed by atoms with E-state index in [2.05, 4.69) is 51.6 Å². The SMILES string of the molecule is CC(C)c1nn(C2CCC(C(C)(N)C[C@@H]3CN(CCCc4ccc5c(c4)n(C)c(=O)n5C4CCC(=O)NC4=O)CCO3)CC2)cc1NC(=O)c1coc(-c2ccnc(NCC3CC3)c2)n1. The molecule has 3 atom stereocenters. The number of nitrogens with one attached hydrogen (secondary N) is 3. The van der Waals surface area contributed by atoms with Crippen molar-refractivity contribution in [1.29, 1.82) is 0 Å². The molecule has 2 saturated carbocycles. The van der Waals surface area contributed by atoms with Crippen LogP contribution in [0.15, 0.2) is 58.2 Å². The van der Waals surface area contributed by atoms with Gasteiger partial charge in [0.25, 0.3) is 5.91 Å². The lowest BCUT2D eigenvalue weighted by Crippen LogP contribution is -2.52. The molecule has 0 radical (unpaired) electrons. The predicted octanol–water partition coefficient (Wildman–Crippen LogP) is 5.93. The van der Waals surface area contributed by atoms with Gasteiger partial charge in [-0.05, 0) is 125 Å². The van der Waals surface area contributed by atoms with Crippen LogP contribution < -0.4 is 27.4 Å². The van der Waals surface area contributed by atoms with Crippen LogP contribution in [0.5, 0.6) is 0 Å². The largest absolute Gasteiger partial charge is 0.444 e. The molecule has 0 bridgehead atoms. The maximum Gasteiger partial charge on any atom is 0.329 e. The fraction of sp³-hybridized carbons (Fsp3) is 0.562. The third-order valence-corrected chi connectivity index (χ3v) is 14.1. The predicted molar refractivity (Wildman–Crippen MR) is 247 cm³/mol. The zero-order chi connectivity index (χ0) is 45.4. The third kappa shape index (κ3) is 9.97. The van der Waals surface area contributed by atoms with Crippen LogP contribution in [0.1, 0.15) is 125 Å². The Morgan fingerprint density at radius 2 is 1.86 bits per heavy atom. The molecular formula is C48H63N11O6. The average Bonchev–Trinajstić information content (AvgIpc) is 3.70. The van der Waals surface area contributed by atoms with Gasteiger partial charge in [-0.15, -0.1) is 0 Å². The van der Waals surface area contributed by atoms with Crippen molar-refractivity contribution < 1.29 is 23.5 Å². The van der Waals surface area contributed by atoms with Gasteiger partial charge >= 0.3 is 5.69 Å². The van der Waals surface area contributed by atoms with Crippen molar-refractivity contribution in [3.63, 3.8) is 0 Å². The summed E-state index contributed by atoms with van der Waals surface area (Å²) >= 11 is 0. The summed E-state index contributed by atoms with van der Waals surface area (Å²) in [7, 11) is 1.73. The Bertz CT molecular complexity index is 2590. The van der Waals surface area contributed by atoms with Gasteiger partial charge in [-0.25, -0.2) is 14.8 Å². The number of oxazole rings is 1. The quantitative estimate of drug-likeness (QED) is 0.0850. The van der Waals surface area contributed by atoms with Gasteiger partial charge in [0.1, 0.15) is 18.1 Å². The van der Waals surface area contributed by atoms with E-state index >= 15 is 0 Å². The molecule has 2 aliphatic carbocycles. The number of pyridine rings is 1. The summed E-state index contributed by atoms with van der Waals surface area (Å²) < 4.78 is 17.2. The maximum absolute atomic E-state index is 13.5. The summed E-state index contributed by atoms with van der Waals surface area (Å²) in [5.41, 5.74) is 11.6. The van der Waals surface area contributed by atoms with Crippen molar-refractivity contribution >= 4 is 40.3 Å². The molecule has 2 aliphatic heterocycles. The molecule has 4 aromatic heterocycles. The summed E-state index contributed by atoms with van der Waals surface area (Å²) in [6.45, 7) is 10.6. The number of benzene rings is 1. The molecule has 5 aromatic rings. The normalized spacial score (nSPS) is 22.9. The molecule has 3 amide bonds. The molecule has 4 fully saturated rings. The molecule has 9 rings (SSSR count). The highest BCUT2D eigenvalue weighted by molar-refractivity contribution is 6.03. The van der Waals surface area contributed by atoms with Gasteiger partial charge in [-0.2, -0.15) is 5.10 Å². The number of imide groups is 1. The molecule has 2 saturated heterocycles. The van der Waals surface area contributed by atoms with Crippen LogP contribution in [-0.4, -0.2) is 95.9 Å². The number of imidazole rings is 1. The minimum absolute atomic E-state index is 0.0530. The van der Waals surface area contributed by atoms with E-state index in [0.717, 1.165) is 99.3 Å². The highest BCUT2D eigenvalue weighted by atomic mass is 16.5. The fourth-order valence-corrected chi connectivity index (χ4v) is 10.1. The van der Waals surface area contributed by atoms with Crippen molar-refractivity contribution in [2.24, 2.45) is 24.6 Å². The maximum atomic E-state index is 13.5. The number of carbonyl (C=O) groups is 3. The first-order valence-corrected chi connectivity index (χ1v) is 23.5. The van der Waals surface area contributed by atoms with E-state index in [4.69, 9.17) is 20.0 Å². The highest BCUT2D eigenvalue weighted by Crippen LogP contribution is 2.40. The summed E-state index contributed by atoms with van der Waals surface area (Å²) in [5, 5.41) is 13.8. The lowest BCUT2D eigenvalue weighted by atomic mass is 9.72. The van der Waals surface area contributed by atoms with Gasteiger partial charge in [-0.3, -0.25) is 38.4 Å². The van der Waals surface area contributed by atoms with E-state index in [0.29, 0.717) is 42.0 Å². The van der Waals surface area contributed by atoms with Crippen molar-refractivity contribution in [3.8, 4) is 11.5 Å². The van der Waals surface area contributed by atoms with Crippen LogP contribution in [0.2, 0.25) is 0 Å². The number of hydrogen-bond donors (Lipinski definition) is 4. The second-order valence-electron chi connectivity index (χ2n) is 19.4. The van der Waals surface area contributed by atoms with Crippen molar-refractivity contribution in [2.45, 2.75) is 121 Å². The van der Waals surface area contributed by atoms with Crippen molar-refractivity contribution in [2.75, 3.05) is 43.4 Å². The van der Waals surface area contributed by atoms with E-state index in [-0.39, 0.29) is 53.2 Å². The second kappa shape index (κ2) is 18.7. The molecule has 346 valence electrons. The summed E-state index contributed by atoms with van der Waals surface area (Å²) in [5.74, 6) is 1.22. The molecule has 17 heteroatoms. The number of hydrogen-bond acceptors (Lipinski definition) is 12. The molecular weight excluding hydrogens is 827 g/mol. The van der Waals surface area contributed by atoms with Gasteiger partial charge in [0.05, 0.1) is 41.2 Å². The molecule has 65 heavy (non-hydrogen) atoms. The number of anilines is 2. The topological polar surface area (TPSA) is 209 Å². The first-order valence-electron chi connectivity index (χ1n) is 23.5. The van der Waals surface area contributed by atoms with E-state index in [9.17, 15) is 19.2 Å². The van der Waals surface area contributed by atoms with Crippen LogP contribution in [0.3, 0.4) is 0 Å². The lowest BCUT2D eigenvalue weighted by molar-refractivity contribution is -0.135. The molecule has 6 heterocycles. The monoisotopic (exact) mass is 889 g/mol. The Balaban J connectivity index is 0.752. The van der Waals surface area contributed by atoms with Crippen LogP contribution in [0, 0.1) is 11.8 Å². The number of aromatic nitrogens is 6. The summed E-state index contributed by atoms with van der Waals surface area (Å²) in [4.78, 5) is 62.4. The standard InChI is InChI=1S/C48H63N11O6/c1-29(2)43-36(52-44(61)37-28-65-46(53-37)32-17-18-50-41(23-32)51-25-31-7-8-31)27-58(55-43)34-12-10-33(11-13-34)48(3,49)24-35-26-57(20-21-64-35)19-5-6-30-9-14-38-40(22-30)56(4)47(63)59(38)39-15-16-42(60)54-45(39)62/h9,14,17-18,22-23,27-29,31,33-35,39H,5-8,10-13,15-16,19-21,24-26,49H2,1-4H3,(H,50,51)(H,52,61)(H,54,60,62)/t33?,34?,35-,39?,48?/m1/s1. The minimum atomic E-state index is -0.694. The Hall–Kier alpha value is -5.65. The number of piperidine rings is 1. The minimum Gasteiger partial charge on any atom is -0.444 e. The number of ether oxygens (including phenoxy) is 1. The number of fused-ring (bicyclic) bond motifs is 1. The number of aryl methyl sites for hydroxylation is 2. The molecule has 2 unspecified atom stereocenters. The fourth-order valence-electron chi connectivity index (χ4n) is 10.1. The van der Waals surface area contributed by atoms with Gasteiger partial charge in [0.15, 0.2) is 5.69 Å². The number of rotatable bonds is 16. The van der Waals surface area contributed by atoms with Crippen LogP contribution in [0.4, 0.5) is 11.5 Å². The first-order chi connectivity index (χ1) is 31.3. The van der Waals surface area contributed by atoms with E-state index in [1.165, 1.54) is 23.7 Å². The van der Waals surface area contributed by atoms with Crippen molar-refractivity contribution in [3.05, 3.63) is 76.4 Å². The molecule has 5 N–H and O–H groups in total. The summed E-state index contributed by atoms with van der Waals surface area (Å²) in [6.07, 6.45) is 14.6. The zero-order valence-corrected chi connectivity index (χ0v) is 38.1. The smallest absolute Gasteiger partial charge is 0.329 e. The Morgan fingerprint density at radius 3 is 2.63 bits per heavy atom. The van der Waals surface area contributed by atoms with Crippen LogP contribution in [-0.2, 0) is 27.8 Å². The second-order valence-corrected chi connectivity index (χ2v) is 19.4. The Kier molecular flexibility index (Phi) is 12.8. The van der Waals surface area contributed by atoms with E-state index in [1.54, 1.807) is 17.8 Å². The zero-order valence-electron chi connectivity index (χ0n) is 38.1. The highest BCUT2D eigenvalue weighted by Gasteiger charge is 2.38. The van der Waals surface area contributed by atoms with Gasteiger partial charge in [-0.1, -0.05) is 19.9 Å². The number of carbonyl (C=O) groups excluding carboxylic acids is 3. The van der Waals surface area contributed by atoms with Crippen molar-refractivity contribution in [1.82, 2.24) is 39.1 Å². The van der Waals surface area contributed by atoms with E-state index in [1.807, 2.05) is 41.2 Å². The summed E-state index contributed by atoms with van der Waals surface area (Å²) in [6, 6.07) is 9.24. The molecule has 4 aliphatic rings. The van der Waals surface area contributed by atoms with E-state index < -0.39 is 11.9 Å². The van der Waals surface area contributed by atoms with Gasteiger partial charge < -0.3 is 25.5 Å². The Labute approximate surface area is 378 Å². The van der Waals surface area contributed by atoms with Crippen LogP contribution in [0.25, 0.3) is 22.5 Å². The number of amides is 3. The molecule has 1 aromatic carbocycles. The number of nitrogens with two attached hydrogens (primary N) is 1. The third-order valence-electron chi connectivity index (χ3n) is 14.1. The van der Waals surface area contributed by atoms with Gasteiger partial charge in [0, 0.05) is 56.6 Å². The first kappa shape index (κ1) is 44.5. The average molecular weight is 890 g/mol. The van der Waals surface area contributed by atoms with Crippen LogP contribution >= 0.6 is 0 Å². The Morgan fingerprint density at radius 1 is 1.05 bits per heavy atom. The lowest BCUT2D eigenvalue weighted by Gasteiger charge is -2.43. The number of nitrogens with zero attached hydrogens (tertiary/aromatic N) is 7. The van der Waals surface area contributed by atoms with Gasteiger partial charge in [0.2, 0.25) is 17.7 Å².